The van der Waals surface area contributed by atoms with E-state index in [1.807, 2.05) is 33.6 Å². The summed E-state index contributed by atoms with van der Waals surface area (Å²) in [7, 11) is 0. The van der Waals surface area contributed by atoms with Gasteiger partial charge in [0.1, 0.15) is 0 Å². The van der Waals surface area contributed by atoms with Crippen LogP contribution in [0.25, 0.3) is 0 Å². The van der Waals surface area contributed by atoms with Crippen molar-refractivity contribution in [1.82, 2.24) is 29.5 Å². The van der Waals surface area contributed by atoms with Crippen molar-refractivity contribution in [2.45, 2.75) is 22.7 Å². The van der Waals surface area contributed by atoms with Gasteiger partial charge in [0.15, 0.2) is 0 Å². The number of aromatic nitrogens is 6. The van der Waals surface area contributed by atoms with Crippen LogP contribution in [0.1, 0.15) is 20.8 Å². The van der Waals surface area contributed by atoms with Crippen LogP contribution in [0.2, 0.25) is 20.1 Å². The van der Waals surface area contributed by atoms with E-state index in [4.69, 9.17) is 46.4 Å². The fourth-order valence-electron chi connectivity index (χ4n) is 3.01. The van der Waals surface area contributed by atoms with E-state index in [0.717, 1.165) is 11.1 Å². The van der Waals surface area contributed by atoms with E-state index in [1.54, 1.807) is 37.4 Å². The molecule has 2 heterocycles. The summed E-state index contributed by atoms with van der Waals surface area (Å²) in [5.74, 6) is 0. The number of halogens is 4. The molecular formula is C20H16Cl4N6Se2. The van der Waals surface area contributed by atoms with Gasteiger partial charge in [0.05, 0.1) is 0 Å². The molecule has 0 aliphatic heterocycles. The van der Waals surface area contributed by atoms with Gasteiger partial charge >= 0.3 is 218 Å². The molecule has 166 valence electrons. The normalized spacial score (nSPS) is 13.2. The molecule has 0 bridgehead atoms. The van der Waals surface area contributed by atoms with Gasteiger partial charge in [-0.25, -0.2) is 0 Å². The van der Waals surface area contributed by atoms with Crippen molar-refractivity contribution in [3.8, 4) is 0 Å². The molecule has 0 radical (unpaired) electrons. The van der Waals surface area contributed by atoms with Crippen LogP contribution in [0.4, 0.5) is 0 Å². The summed E-state index contributed by atoms with van der Waals surface area (Å²) in [5.41, 5.74) is 2.13. The second kappa shape index (κ2) is 11.4. The van der Waals surface area contributed by atoms with Gasteiger partial charge < -0.3 is 0 Å². The molecule has 2 atom stereocenters. The summed E-state index contributed by atoms with van der Waals surface area (Å²) in [6, 6.07) is 11.3. The zero-order valence-electron chi connectivity index (χ0n) is 16.4. The van der Waals surface area contributed by atoms with Crippen molar-refractivity contribution in [2.75, 3.05) is 0 Å². The molecule has 4 aromatic rings. The molecule has 0 spiro atoms. The molecule has 0 aliphatic carbocycles. The summed E-state index contributed by atoms with van der Waals surface area (Å²) >= 11 is 25.8. The molecule has 0 amide bonds. The Morgan fingerprint density at radius 1 is 0.688 bits per heavy atom. The van der Waals surface area contributed by atoms with Crippen LogP contribution in [0, 0.1) is 0 Å². The third kappa shape index (κ3) is 6.28. The Labute approximate surface area is 216 Å². The summed E-state index contributed by atoms with van der Waals surface area (Å²) in [6.45, 7) is 1.38. The van der Waals surface area contributed by atoms with E-state index in [1.165, 1.54) is 0 Å². The summed E-state index contributed by atoms with van der Waals surface area (Å²) in [5, 5.41) is 11.2. The predicted octanol–water partition coefficient (Wildman–Crippen LogP) is 4.99. The van der Waals surface area contributed by atoms with Crippen molar-refractivity contribution in [3.63, 3.8) is 0 Å². The second-order valence-corrected chi connectivity index (χ2v) is 15.8. The topological polar surface area (TPSA) is 61.4 Å². The number of benzene rings is 2. The molecule has 32 heavy (non-hydrogen) atoms. The van der Waals surface area contributed by atoms with E-state index >= 15 is 0 Å². The van der Waals surface area contributed by atoms with Crippen molar-refractivity contribution in [2.24, 2.45) is 0 Å². The Bertz CT molecular complexity index is 1070. The van der Waals surface area contributed by atoms with Crippen LogP contribution < -0.4 is 0 Å². The first-order valence-corrected chi connectivity index (χ1v) is 17.2. The number of hydrogen-bond donors (Lipinski definition) is 0. The quantitative estimate of drug-likeness (QED) is 0.242. The van der Waals surface area contributed by atoms with Gasteiger partial charge in [0.2, 0.25) is 0 Å². The summed E-state index contributed by atoms with van der Waals surface area (Å²) < 4.78 is 3.68. The molecule has 2 aromatic heterocycles. The number of hydrogen-bond acceptors (Lipinski definition) is 4. The van der Waals surface area contributed by atoms with Crippen LogP contribution >= 0.6 is 46.4 Å². The Morgan fingerprint density at radius 2 is 1.12 bits per heavy atom. The maximum atomic E-state index is 6.58. The molecule has 12 heteroatoms. The molecule has 0 saturated heterocycles. The molecule has 0 saturated carbocycles. The minimum absolute atomic E-state index is 0.193. The fraction of sp³-hybridized carbons (Fsp3) is 0.200. The molecule has 2 aromatic carbocycles. The van der Waals surface area contributed by atoms with Crippen molar-refractivity contribution in [3.05, 3.63) is 92.9 Å². The summed E-state index contributed by atoms with van der Waals surface area (Å²) in [4.78, 5) is 8.54. The molecule has 4 rings (SSSR count). The number of nitrogens with zero attached hydrogens (tertiary/aromatic N) is 6. The van der Waals surface area contributed by atoms with E-state index < -0.39 is 0 Å². The molecule has 0 fully saturated rings. The molecule has 0 aliphatic rings. The Balaban J connectivity index is 1.61. The van der Waals surface area contributed by atoms with Crippen molar-refractivity contribution in [1.29, 1.82) is 0 Å². The van der Waals surface area contributed by atoms with E-state index in [2.05, 4.69) is 20.2 Å². The van der Waals surface area contributed by atoms with Gasteiger partial charge in [-0.3, -0.25) is 0 Å². The average Bonchev–Trinajstić information content (AvgIpc) is 3.45. The monoisotopic (exact) mass is 640 g/mol. The first-order chi connectivity index (χ1) is 15.5. The Kier molecular flexibility index (Phi) is 8.54. The summed E-state index contributed by atoms with van der Waals surface area (Å²) in [6.07, 6.45) is 6.53. The first kappa shape index (κ1) is 24.1. The SMILES string of the molecule is Clc1ccc(C(Cn2cncn2)[Se][Se]C(Cn2cncn2)c2ccc(Cl)cc2Cl)c(Cl)c1. The van der Waals surface area contributed by atoms with Gasteiger partial charge in [-0.05, 0) is 0 Å². The van der Waals surface area contributed by atoms with Gasteiger partial charge in [0, 0.05) is 0 Å². The minimum atomic E-state index is 0.193. The fourth-order valence-corrected chi connectivity index (χ4v) is 13.7. The zero-order chi connectivity index (χ0) is 22.5. The zero-order valence-corrected chi connectivity index (χ0v) is 22.8. The molecule has 0 N–H and O–H groups in total. The van der Waals surface area contributed by atoms with Crippen molar-refractivity contribution < 1.29 is 0 Å². The predicted molar refractivity (Wildman–Crippen MR) is 130 cm³/mol. The molecular weight excluding hydrogens is 624 g/mol. The Hall–Kier alpha value is -1.08. The van der Waals surface area contributed by atoms with Crippen LogP contribution in [0.15, 0.2) is 61.7 Å². The van der Waals surface area contributed by atoms with Gasteiger partial charge in [-0.1, -0.05) is 0 Å². The number of rotatable bonds is 9. The average molecular weight is 640 g/mol. The molecule has 2 unspecified atom stereocenters. The Morgan fingerprint density at radius 3 is 1.47 bits per heavy atom. The van der Waals surface area contributed by atoms with Crippen LogP contribution in [0.3, 0.4) is 0 Å². The third-order valence-corrected chi connectivity index (χ3v) is 14.8. The standard InChI is InChI=1S/C20H16Cl4N6Se2/c21-13-1-3-15(17(23)5-13)19(7-29-11-25-9-27-29)31-32-20(8-30-12-26-10-28-30)16-4-2-14(22)6-18(16)24/h1-6,9-12,19-20H,7-8H2. The van der Waals surface area contributed by atoms with E-state index in [0.29, 0.717) is 33.2 Å². The van der Waals surface area contributed by atoms with Crippen molar-refractivity contribution >= 4 is 72.7 Å². The molecule has 6 nitrogen and oxygen atoms in total. The van der Waals surface area contributed by atoms with Gasteiger partial charge in [-0.15, -0.1) is 0 Å². The van der Waals surface area contributed by atoms with E-state index in [9.17, 15) is 0 Å². The van der Waals surface area contributed by atoms with E-state index in [-0.39, 0.29) is 35.9 Å². The van der Waals surface area contributed by atoms with Crippen LogP contribution in [-0.4, -0.2) is 55.8 Å². The van der Waals surface area contributed by atoms with Crippen LogP contribution in [-0.2, 0) is 13.1 Å². The third-order valence-electron chi connectivity index (χ3n) is 4.55. The second-order valence-electron chi connectivity index (χ2n) is 6.74. The van der Waals surface area contributed by atoms with Gasteiger partial charge in [0.25, 0.3) is 0 Å². The maximum absolute atomic E-state index is 6.58. The van der Waals surface area contributed by atoms with Gasteiger partial charge in [-0.2, -0.15) is 0 Å². The first-order valence-electron chi connectivity index (χ1n) is 9.36. The van der Waals surface area contributed by atoms with Crippen LogP contribution in [0.5, 0.6) is 0 Å².